The zero-order chi connectivity index (χ0) is 37.2. The molecule has 0 aliphatic carbocycles. The van der Waals surface area contributed by atoms with Crippen LogP contribution in [0, 0.1) is 0 Å². The average Bonchev–Trinajstić information content (AvgIpc) is 2.95. The number of esters is 6. The lowest BCUT2D eigenvalue weighted by molar-refractivity contribution is -0.329. The molecule has 23 heteroatoms. The third-order valence-electron chi connectivity index (χ3n) is 6.38. The lowest BCUT2D eigenvalue weighted by Gasteiger charge is -2.48. The van der Waals surface area contributed by atoms with Gasteiger partial charge in [-0.2, -0.15) is 13.2 Å². The Hall–Kier alpha value is -4.73. The molecule has 274 valence electrons. The Labute approximate surface area is 274 Å². The monoisotopic (exact) mass is 714 g/mol. The van der Waals surface area contributed by atoms with Gasteiger partial charge in [0.1, 0.15) is 49.7 Å². The lowest BCUT2D eigenvalue weighted by atomic mass is 9.94. The number of rotatable bonds is 12. The molecule has 0 saturated carbocycles. The number of hydrogen-bond acceptors (Lipinski definition) is 17. The fourth-order valence-electron chi connectivity index (χ4n) is 4.72. The second-order valence-electron chi connectivity index (χ2n) is 10.3. The summed E-state index contributed by atoms with van der Waals surface area (Å²) in [5.74, 6) is -8.65. The highest BCUT2D eigenvalue weighted by atomic mass is 19.4. The second-order valence-corrected chi connectivity index (χ2v) is 10.3. The van der Waals surface area contributed by atoms with E-state index in [9.17, 15) is 52.3 Å². The summed E-state index contributed by atoms with van der Waals surface area (Å²) in [6.45, 7) is 3.98. The predicted octanol–water partition coefficient (Wildman–Crippen LogP) is 0.0318. The molecule has 0 aromatic carbocycles. The van der Waals surface area contributed by atoms with E-state index < -0.39 is 122 Å². The van der Waals surface area contributed by atoms with E-state index in [-0.39, 0.29) is 0 Å². The van der Waals surface area contributed by atoms with Crippen LogP contribution < -0.4 is 5.32 Å². The number of amides is 1. The Morgan fingerprint density at radius 3 is 1.57 bits per heavy atom. The van der Waals surface area contributed by atoms with Crippen LogP contribution in [0.25, 0.3) is 10.4 Å². The molecule has 2 fully saturated rings. The largest absolute Gasteiger partial charge is 0.471 e. The first kappa shape index (κ1) is 40.4. The minimum Gasteiger partial charge on any atom is -0.463 e. The van der Waals surface area contributed by atoms with Gasteiger partial charge in [0.05, 0.1) is 0 Å². The smallest absolute Gasteiger partial charge is 0.463 e. The number of nitrogens with one attached hydrogen (secondary N) is 1. The van der Waals surface area contributed by atoms with Crippen molar-refractivity contribution in [3.8, 4) is 0 Å². The summed E-state index contributed by atoms with van der Waals surface area (Å²) in [7, 11) is 0. The fraction of sp³-hybridized carbons (Fsp3) is 0.731. The maximum absolute atomic E-state index is 13.5. The molecule has 2 heterocycles. The predicted molar refractivity (Wildman–Crippen MR) is 145 cm³/mol. The van der Waals surface area contributed by atoms with E-state index in [1.807, 2.05) is 0 Å². The number of halogens is 3. The summed E-state index contributed by atoms with van der Waals surface area (Å²) in [5, 5.41) is 5.02. The third kappa shape index (κ3) is 12.0. The second kappa shape index (κ2) is 17.6. The van der Waals surface area contributed by atoms with Gasteiger partial charge in [0.25, 0.3) is 0 Å². The summed E-state index contributed by atoms with van der Waals surface area (Å²) in [6.07, 6.45) is -20.5. The molecular weight excluding hydrogens is 681 g/mol. The van der Waals surface area contributed by atoms with Gasteiger partial charge in [0, 0.05) is 46.5 Å². The van der Waals surface area contributed by atoms with Crippen molar-refractivity contribution < 1.29 is 89.4 Å². The molecule has 0 bridgehead atoms. The van der Waals surface area contributed by atoms with Crippen molar-refractivity contribution >= 4 is 41.7 Å². The highest BCUT2D eigenvalue weighted by molar-refractivity contribution is 5.82. The Morgan fingerprint density at radius 2 is 1.12 bits per heavy atom. The van der Waals surface area contributed by atoms with Gasteiger partial charge in [0.2, 0.25) is 6.29 Å². The van der Waals surface area contributed by atoms with Crippen LogP contribution >= 0.6 is 0 Å². The number of carbonyl (C=O) groups is 7. The van der Waals surface area contributed by atoms with Gasteiger partial charge in [-0.05, 0) is 5.53 Å². The first-order valence-electron chi connectivity index (χ1n) is 14.1. The van der Waals surface area contributed by atoms with E-state index in [1.165, 1.54) is 0 Å². The van der Waals surface area contributed by atoms with Gasteiger partial charge in [-0.25, -0.2) is 0 Å². The highest BCUT2D eigenvalue weighted by Gasteiger charge is 2.57. The van der Waals surface area contributed by atoms with Gasteiger partial charge in [-0.1, -0.05) is 5.11 Å². The van der Waals surface area contributed by atoms with Crippen LogP contribution in [0.3, 0.4) is 0 Å². The number of ether oxygens (including phenoxy) is 9. The van der Waals surface area contributed by atoms with Crippen molar-refractivity contribution in [3.63, 3.8) is 0 Å². The maximum atomic E-state index is 13.5. The van der Waals surface area contributed by atoms with E-state index in [0.29, 0.717) is 0 Å². The summed E-state index contributed by atoms with van der Waals surface area (Å²) < 4.78 is 88.7. The summed E-state index contributed by atoms with van der Waals surface area (Å²) in [4.78, 5) is 86.5. The molecule has 2 aliphatic rings. The van der Waals surface area contributed by atoms with E-state index in [4.69, 9.17) is 42.6 Å². The van der Waals surface area contributed by atoms with Crippen LogP contribution in [-0.4, -0.2) is 122 Å². The van der Waals surface area contributed by atoms with Crippen LogP contribution in [0.1, 0.15) is 41.5 Å². The minimum atomic E-state index is -5.55. The number of nitrogens with zero attached hydrogens (tertiary/aromatic N) is 3. The molecule has 2 rings (SSSR count). The molecule has 0 spiro atoms. The number of hydrogen-bond donors (Lipinski definition) is 1. The summed E-state index contributed by atoms with van der Waals surface area (Å²) in [6, 6.07) is -3.98. The number of alkyl halides is 3. The molecular formula is C26H33F3N4O16. The maximum Gasteiger partial charge on any atom is 0.471 e. The van der Waals surface area contributed by atoms with Crippen LogP contribution in [0.5, 0.6) is 0 Å². The fourth-order valence-corrected chi connectivity index (χ4v) is 4.72. The number of carbonyl (C=O) groups excluding carboxylic acids is 7. The van der Waals surface area contributed by atoms with Gasteiger partial charge >= 0.3 is 47.9 Å². The zero-order valence-corrected chi connectivity index (χ0v) is 26.7. The van der Waals surface area contributed by atoms with Gasteiger partial charge in [-0.3, -0.25) is 33.6 Å². The lowest BCUT2D eigenvalue weighted by Crippen LogP contribution is -2.70. The molecule has 2 aliphatic heterocycles. The summed E-state index contributed by atoms with van der Waals surface area (Å²) >= 11 is 0. The van der Waals surface area contributed by atoms with E-state index in [0.717, 1.165) is 41.5 Å². The van der Waals surface area contributed by atoms with Crippen LogP contribution in [-0.2, 0) is 76.2 Å². The van der Waals surface area contributed by atoms with Crippen molar-refractivity contribution in [1.82, 2.24) is 5.32 Å². The first-order valence-corrected chi connectivity index (χ1v) is 14.1. The van der Waals surface area contributed by atoms with E-state index in [1.54, 1.807) is 5.32 Å². The number of azide groups is 1. The molecule has 20 nitrogen and oxygen atoms in total. The molecule has 1 amide bonds. The Balaban J connectivity index is 2.80. The molecule has 49 heavy (non-hydrogen) atoms. The Morgan fingerprint density at radius 1 is 0.673 bits per heavy atom. The van der Waals surface area contributed by atoms with Crippen molar-refractivity contribution in [2.24, 2.45) is 5.11 Å². The van der Waals surface area contributed by atoms with Crippen LogP contribution in [0.4, 0.5) is 13.2 Å². The Bertz CT molecular complexity index is 1330. The minimum absolute atomic E-state index is 0.773. The average molecular weight is 715 g/mol. The van der Waals surface area contributed by atoms with Crippen molar-refractivity contribution in [3.05, 3.63) is 10.4 Å². The molecule has 0 aromatic heterocycles. The first-order chi connectivity index (χ1) is 22.7. The summed E-state index contributed by atoms with van der Waals surface area (Å²) in [5.41, 5.74) is 9.25. The SMILES string of the molecule is CC(=O)OC[C@H]1OC(O[C@H]2[C@H](OC(C)=O)C(N=[N+]=[N-])[C@H](OC(C)=O)O[C@@H]2COC(C)=O)[C@H](NC(=O)C(F)(F)F)[C@@H](OC(C)=O)[C@@H]1OC(C)=O. The van der Waals surface area contributed by atoms with E-state index >= 15 is 0 Å². The van der Waals surface area contributed by atoms with Crippen molar-refractivity contribution in [1.29, 1.82) is 0 Å². The van der Waals surface area contributed by atoms with Gasteiger partial charge < -0.3 is 47.9 Å². The van der Waals surface area contributed by atoms with Gasteiger partial charge in [0.15, 0.2) is 18.5 Å². The Kier molecular flexibility index (Phi) is 14.5. The molecule has 2 unspecified atom stereocenters. The molecule has 2 saturated heterocycles. The van der Waals surface area contributed by atoms with E-state index in [2.05, 4.69) is 10.0 Å². The van der Waals surface area contributed by atoms with Gasteiger partial charge in [-0.15, -0.1) is 0 Å². The molecule has 0 aromatic rings. The van der Waals surface area contributed by atoms with Crippen molar-refractivity contribution in [2.45, 2.75) is 109 Å². The van der Waals surface area contributed by atoms with Crippen LogP contribution in [0.2, 0.25) is 0 Å². The standard InChI is InChI=1S/C26H33F3N4O16/c1-9(34)41-7-15-19(43-11(3)36)21(44-12(4)37)17(31-25(40)26(27,28)29)23(47-15)49-20-16(8-42-10(2)35)48-24(46-14(6)39)18(32-33-30)22(20)45-13(5)38/h15-24H,7-8H2,1-6H3,(H,31,40)/t15-,16-,17-,18?,19-,20-,21-,22-,23?,24-/m1/s1. The van der Waals surface area contributed by atoms with Crippen molar-refractivity contribution in [2.75, 3.05) is 13.2 Å². The highest BCUT2D eigenvalue weighted by Crippen LogP contribution is 2.35. The van der Waals surface area contributed by atoms with Crippen LogP contribution in [0.15, 0.2) is 5.11 Å². The molecule has 1 N–H and O–H groups in total. The quantitative estimate of drug-likeness (QED) is 0.0919. The third-order valence-corrected chi connectivity index (χ3v) is 6.38. The molecule has 10 atom stereocenters. The molecule has 0 radical (unpaired) electrons. The normalized spacial score (nSPS) is 29.6. The topological polar surface area (TPSA) is 263 Å². The zero-order valence-electron chi connectivity index (χ0n) is 26.7.